The van der Waals surface area contributed by atoms with Gasteiger partial charge in [0.15, 0.2) is 0 Å². The maximum absolute atomic E-state index is 13.2. The van der Waals surface area contributed by atoms with Crippen LogP contribution in [0.2, 0.25) is 0 Å². The molecular weight excluding hydrogens is 389 g/mol. The van der Waals surface area contributed by atoms with Crippen molar-refractivity contribution in [1.29, 1.82) is 0 Å². The maximum atomic E-state index is 13.2. The zero-order valence-corrected chi connectivity index (χ0v) is 17.7. The van der Waals surface area contributed by atoms with E-state index in [2.05, 4.69) is 10.4 Å². The molecule has 162 valence electrons. The Kier molecular flexibility index (Phi) is 7.17. The topological polar surface area (TPSA) is 79.7 Å². The molecule has 1 fully saturated rings. The van der Waals surface area contributed by atoms with Gasteiger partial charge < -0.3 is 15.0 Å². The van der Waals surface area contributed by atoms with Crippen LogP contribution in [0.3, 0.4) is 0 Å². The van der Waals surface area contributed by atoms with E-state index in [1.54, 1.807) is 35.7 Å². The molecule has 0 aliphatic carbocycles. The van der Waals surface area contributed by atoms with Gasteiger partial charge in [-0.3, -0.25) is 14.5 Å². The molecule has 0 unspecified atom stereocenters. The summed E-state index contributed by atoms with van der Waals surface area (Å²) in [5, 5.41) is 7.30. The SMILES string of the molecule is COCCNC(=O)CN1CCN(C(=O)c2c(C)nn(-c3ccc(F)cc3)c2C)CC1. The van der Waals surface area contributed by atoms with Crippen LogP contribution in [0.1, 0.15) is 21.7 Å². The highest BCUT2D eigenvalue weighted by Gasteiger charge is 2.27. The molecule has 0 radical (unpaired) electrons. The molecule has 1 saturated heterocycles. The Morgan fingerprint density at radius 1 is 1.13 bits per heavy atom. The van der Waals surface area contributed by atoms with Crippen LogP contribution < -0.4 is 5.32 Å². The van der Waals surface area contributed by atoms with Crippen LogP contribution in [0.25, 0.3) is 5.69 Å². The monoisotopic (exact) mass is 417 g/mol. The van der Waals surface area contributed by atoms with Crippen molar-refractivity contribution >= 4 is 11.8 Å². The molecule has 2 amide bonds. The van der Waals surface area contributed by atoms with Gasteiger partial charge in [-0.2, -0.15) is 5.10 Å². The van der Waals surface area contributed by atoms with Gasteiger partial charge in [0.05, 0.1) is 35.8 Å². The fourth-order valence-electron chi connectivity index (χ4n) is 3.60. The molecule has 1 aliphatic rings. The number of ether oxygens (including phenoxy) is 1. The average molecular weight is 417 g/mol. The van der Waals surface area contributed by atoms with Crippen LogP contribution >= 0.6 is 0 Å². The first-order valence-electron chi connectivity index (χ1n) is 10.00. The third-order valence-corrected chi connectivity index (χ3v) is 5.23. The second-order valence-electron chi connectivity index (χ2n) is 7.35. The summed E-state index contributed by atoms with van der Waals surface area (Å²) in [4.78, 5) is 28.9. The van der Waals surface area contributed by atoms with Crippen molar-refractivity contribution < 1.29 is 18.7 Å². The summed E-state index contributed by atoms with van der Waals surface area (Å²) in [5.74, 6) is -0.427. The number of amides is 2. The second kappa shape index (κ2) is 9.82. The van der Waals surface area contributed by atoms with Gasteiger partial charge in [0.1, 0.15) is 5.82 Å². The van der Waals surface area contributed by atoms with Crippen LogP contribution in [0.15, 0.2) is 24.3 Å². The highest BCUT2D eigenvalue weighted by atomic mass is 19.1. The normalized spacial score (nSPS) is 14.7. The lowest BCUT2D eigenvalue weighted by molar-refractivity contribution is -0.122. The zero-order chi connectivity index (χ0) is 21.7. The number of nitrogens with zero attached hydrogens (tertiary/aromatic N) is 4. The molecule has 0 spiro atoms. The van der Waals surface area contributed by atoms with Gasteiger partial charge in [-0.15, -0.1) is 0 Å². The van der Waals surface area contributed by atoms with Gasteiger partial charge in [-0.25, -0.2) is 9.07 Å². The van der Waals surface area contributed by atoms with E-state index in [1.165, 1.54) is 12.1 Å². The van der Waals surface area contributed by atoms with Crippen molar-refractivity contribution in [2.45, 2.75) is 13.8 Å². The van der Waals surface area contributed by atoms with Crippen molar-refractivity contribution in [3.8, 4) is 5.69 Å². The summed E-state index contributed by atoms with van der Waals surface area (Å²) in [5.41, 5.74) is 2.65. The number of halogens is 1. The fourth-order valence-corrected chi connectivity index (χ4v) is 3.60. The number of carbonyl (C=O) groups is 2. The van der Waals surface area contributed by atoms with Crippen LogP contribution in [-0.4, -0.2) is 84.4 Å². The molecule has 30 heavy (non-hydrogen) atoms. The summed E-state index contributed by atoms with van der Waals surface area (Å²) in [6, 6.07) is 6.02. The number of methoxy groups -OCH3 is 1. The Balaban J connectivity index is 1.61. The van der Waals surface area contributed by atoms with Gasteiger partial charge in [-0.1, -0.05) is 0 Å². The molecule has 8 nitrogen and oxygen atoms in total. The molecule has 3 rings (SSSR count). The standard InChI is InChI=1S/C21H28FN5O3/c1-15-20(16(2)27(24-15)18-6-4-17(22)5-7-18)21(29)26-11-9-25(10-12-26)14-19(28)23-8-13-30-3/h4-7H,8-14H2,1-3H3,(H,23,28). The van der Waals surface area contributed by atoms with Crippen molar-refractivity contribution in [2.75, 3.05) is 53.0 Å². The number of hydrogen-bond acceptors (Lipinski definition) is 5. The van der Waals surface area contributed by atoms with Gasteiger partial charge >= 0.3 is 0 Å². The van der Waals surface area contributed by atoms with Gasteiger partial charge in [0, 0.05) is 39.8 Å². The maximum Gasteiger partial charge on any atom is 0.257 e. The predicted octanol–water partition coefficient (Wildman–Crippen LogP) is 1.15. The molecule has 2 aromatic rings. The van der Waals surface area contributed by atoms with E-state index in [0.29, 0.717) is 62.8 Å². The molecule has 1 N–H and O–H groups in total. The van der Waals surface area contributed by atoms with Gasteiger partial charge in [0.2, 0.25) is 5.91 Å². The highest BCUT2D eigenvalue weighted by Crippen LogP contribution is 2.20. The molecule has 0 saturated carbocycles. The van der Waals surface area contributed by atoms with E-state index >= 15 is 0 Å². The summed E-state index contributed by atoms with van der Waals surface area (Å²) < 4.78 is 19.8. The van der Waals surface area contributed by atoms with E-state index in [4.69, 9.17) is 4.74 Å². The fraction of sp³-hybridized carbons (Fsp3) is 0.476. The summed E-state index contributed by atoms with van der Waals surface area (Å²) in [6.07, 6.45) is 0. The Morgan fingerprint density at radius 3 is 2.43 bits per heavy atom. The summed E-state index contributed by atoms with van der Waals surface area (Å²) in [7, 11) is 1.59. The van der Waals surface area contributed by atoms with E-state index in [9.17, 15) is 14.0 Å². The number of benzene rings is 1. The first-order valence-corrected chi connectivity index (χ1v) is 10.00. The Bertz CT molecular complexity index is 889. The van der Waals surface area contributed by atoms with E-state index < -0.39 is 0 Å². The third-order valence-electron chi connectivity index (χ3n) is 5.23. The molecular formula is C21H28FN5O3. The average Bonchev–Trinajstić information content (AvgIpc) is 3.03. The van der Waals surface area contributed by atoms with E-state index in [0.717, 1.165) is 5.69 Å². The Labute approximate surface area is 175 Å². The summed E-state index contributed by atoms with van der Waals surface area (Å²) in [6.45, 7) is 7.30. The van der Waals surface area contributed by atoms with Crippen molar-refractivity contribution in [2.24, 2.45) is 0 Å². The zero-order valence-electron chi connectivity index (χ0n) is 17.7. The van der Waals surface area contributed by atoms with Crippen molar-refractivity contribution in [3.63, 3.8) is 0 Å². The third kappa shape index (κ3) is 5.03. The smallest absolute Gasteiger partial charge is 0.257 e. The minimum Gasteiger partial charge on any atom is -0.383 e. The van der Waals surface area contributed by atoms with Gasteiger partial charge in [0.25, 0.3) is 5.91 Å². The van der Waals surface area contributed by atoms with Gasteiger partial charge in [-0.05, 0) is 38.1 Å². The van der Waals surface area contributed by atoms with Crippen LogP contribution in [0.4, 0.5) is 4.39 Å². The van der Waals surface area contributed by atoms with E-state index in [1.807, 2.05) is 11.8 Å². The first kappa shape index (κ1) is 21.9. The lowest BCUT2D eigenvalue weighted by Gasteiger charge is -2.34. The molecule has 1 aromatic carbocycles. The quantitative estimate of drug-likeness (QED) is 0.684. The number of aromatic nitrogens is 2. The molecule has 1 aromatic heterocycles. The first-order chi connectivity index (χ1) is 14.4. The number of carbonyl (C=O) groups excluding carboxylic acids is 2. The molecule has 0 bridgehead atoms. The highest BCUT2D eigenvalue weighted by molar-refractivity contribution is 5.96. The molecule has 2 heterocycles. The molecule has 0 atom stereocenters. The van der Waals surface area contributed by atoms with Crippen LogP contribution in [-0.2, 0) is 9.53 Å². The molecule has 9 heteroatoms. The number of rotatable bonds is 7. The molecule has 1 aliphatic heterocycles. The summed E-state index contributed by atoms with van der Waals surface area (Å²) >= 11 is 0. The number of piperazine rings is 1. The number of nitrogens with one attached hydrogen (secondary N) is 1. The Morgan fingerprint density at radius 2 is 1.80 bits per heavy atom. The Hall–Kier alpha value is -2.78. The van der Waals surface area contributed by atoms with Crippen molar-refractivity contribution in [1.82, 2.24) is 24.9 Å². The van der Waals surface area contributed by atoms with Crippen molar-refractivity contribution in [3.05, 3.63) is 47.0 Å². The van der Waals surface area contributed by atoms with Crippen LogP contribution in [0.5, 0.6) is 0 Å². The number of aryl methyl sites for hydroxylation is 1. The minimum atomic E-state index is -0.318. The second-order valence-corrected chi connectivity index (χ2v) is 7.35. The lowest BCUT2D eigenvalue weighted by atomic mass is 10.1. The lowest BCUT2D eigenvalue weighted by Crippen LogP contribution is -2.51. The van der Waals surface area contributed by atoms with Crippen LogP contribution in [0, 0.1) is 19.7 Å². The number of hydrogen-bond donors (Lipinski definition) is 1. The largest absolute Gasteiger partial charge is 0.383 e. The van der Waals surface area contributed by atoms with E-state index in [-0.39, 0.29) is 17.6 Å². The predicted molar refractivity (Wildman–Crippen MR) is 110 cm³/mol. The minimum absolute atomic E-state index is 0.0425.